The molecule has 4 heteroatoms. The van der Waals surface area contributed by atoms with Gasteiger partial charge in [0.25, 0.3) is 0 Å². The summed E-state index contributed by atoms with van der Waals surface area (Å²) >= 11 is 6.37. The van der Waals surface area contributed by atoms with Crippen LogP contribution in [0.15, 0.2) is 54.9 Å². The number of nitrogens with zero attached hydrogens (tertiary/aromatic N) is 3. The van der Waals surface area contributed by atoms with E-state index in [2.05, 4.69) is 44.8 Å². The van der Waals surface area contributed by atoms with Crippen LogP contribution in [0, 0.1) is 0 Å². The third-order valence-corrected chi connectivity index (χ3v) is 5.93. The van der Waals surface area contributed by atoms with E-state index < -0.39 is 0 Å². The van der Waals surface area contributed by atoms with Crippen molar-refractivity contribution in [3.05, 3.63) is 65.4 Å². The Hall–Kier alpha value is -1.84. The Morgan fingerprint density at radius 3 is 2.50 bits per heavy atom. The molecule has 26 heavy (non-hydrogen) atoms. The third kappa shape index (κ3) is 3.94. The minimum absolute atomic E-state index is 0.622. The highest BCUT2D eigenvalue weighted by atomic mass is 35.5. The molecule has 0 saturated carbocycles. The van der Waals surface area contributed by atoms with Crippen LogP contribution < -0.4 is 0 Å². The lowest BCUT2D eigenvalue weighted by Gasteiger charge is -2.32. The molecule has 136 valence electrons. The van der Waals surface area contributed by atoms with E-state index in [0.29, 0.717) is 5.92 Å². The lowest BCUT2D eigenvalue weighted by Crippen LogP contribution is -2.33. The first-order valence-corrected chi connectivity index (χ1v) is 10.1. The number of aromatic nitrogens is 2. The molecule has 1 aliphatic heterocycles. The highest BCUT2D eigenvalue weighted by Crippen LogP contribution is 2.32. The van der Waals surface area contributed by atoms with E-state index in [-0.39, 0.29) is 0 Å². The molecule has 4 rings (SSSR count). The van der Waals surface area contributed by atoms with Gasteiger partial charge in [-0.15, -0.1) is 0 Å². The number of hydrogen-bond acceptors (Lipinski definition) is 2. The SMILES string of the molecule is Clc1ccccc1C1CCN(CCCCn2cnc3ccccc32)CC1. The highest BCUT2D eigenvalue weighted by Gasteiger charge is 2.21. The van der Waals surface area contributed by atoms with Crippen LogP contribution in [0.25, 0.3) is 11.0 Å². The number of imidazole rings is 1. The van der Waals surface area contributed by atoms with Crippen molar-refractivity contribution in [2.75, 3.05) is 19.6 Å². The monoisotopic (exact) mass is 367 g/mol. The highest BCUT2D eigenvalue weighted by molar-refractivity contribution is 6.31. The molecule has 1 aliphatic rings. The second kappa shape index (κ2) is 8.24. The average molecular weight is 368 g/mol. The van der Waals surface area contributed by atoms with Crippen LogP contribution in [0.4, 0.5) is 0 Å². The summed E-state index contributed by atoms with van der Waals surface area (Å²) in [5, 5.41) is 0.929. The summed E-state index contributed by atoms with van der Waals surface area (Å²) in [5.41, 5.74) is 3.67. The Morgan fingerprint density at radius 2 is 1.65 bits per heavy atom. The zero-order chi connectivity index (χ0) is 17.8. The van der Waals surface area contributed by atoms with Crippen LogP contribution in [0.2, 0.25) is 5.02 Å². The number of rotatable bonds is 6. The predicted molar refractivity (Wildman–Crippen MR) is 109 cm³/mol. The van der Waals surface area contributed by atoms with Gasteiger partial charge in [0.05, 0.1) is 17.4 Å². The van der Waals surface area contributed by atoms with Crippen LogP contribution in [-0.4, -0.2) is 34.1 Å². The number of para-hydroxylation sites is 2. The van der Waals surface area contributed by atoms with E-state index in [9.17, 15) is 0 Å². The van der Waals surface area contributed by atoms with E-state index in [1.54, 1.807) is 0 Å². The first kappa shape index (κ1) is 17.6. The van der Waals surface area contributed by atoms with Gasteiger partial charge in [0.1, 0.15) is 0 Å². The minimum atomic E-state index is 0.622. The molecule has 0 spiro atoms. The van der Waals surface area contributed by atoms with E-state index >= 15 is 0 Å². The Morgan fingerprint density at radius 1 is 0.923 bits per heavy atom. The van der Waals surface area contributed by atoms with Crippen LogP contribution in [0.5, 0.6) is 0 Å². The maximum Gasteiger partial charge on any atom is 0.0958 e. The quantitative estimate of drug-likeness (QED) is 0.547. The topological polar surface area (TPSA) is 21.1 Å². The van der Waals surface area contributed by atoms with Crippen molar-refractivity contribution in [3.63, 3.8) is 0 Å². The molecule has 3 nitrogen and oxygen atoms in total. The Balaban J connectivity index is 1.21. The average Bonchev–Trinajstić information content (AvgIpc) is 3.09. The minimum Gasteiger partial charge on any atom is -0.331 e. The fourth-order valence-corrected chi connectivity index (χ4v) is 4.37. The molecule has 1 fully saturated rings. The van der Waals surface area contributed by atoms with Gasteiger partial charge in [-0.25, -0.2) is 4.98 Å². The second-order valence-electron chi connectivity index (χ2n) is 7.27. The summed E-state index contributed by atoms with van der Waals surface area (Å²) < 4.78 is 2.28. The number of fused-ring (bicyclic) bond motifs is 1. The van der Waals surface area contributed by atoms with Gasteiger partial charge in [-0.3, -0.25) is 0 Å². The van der Waals surface area contributed by atoms with Crippen molar-refractivity contribution >= 4 is 22.6 Å². The number of unbranched alkanes of at least 4 members (excludes halogenated alkanes) is 1. The summed E-state index contributed by atoms with van der Waals surface area (Å²) in [6.07, 6.45) is 6.85. The Labute approximate surface area is 160 Å². The van der Waals surface area contributed by atoms with Crippen molar-refractivity contribution in [3.8, 4) is 0 Å². The van der Waals surface area contributed by atoms with Crippen LogP contribution >= 0.6 is 11.6 Å². The molecule has 2 aromatic carbocycles. The van der Waals surface area contributed by atoms with E-state index in [4.69, 9.17) is 11.6 Å². The summed E-state index contributed by atoms with van der Waals surface area (Å²) in [6.45, 7) is 4.62. The largest absolute Gasteiger partial charge is 0.331 e. The molecule has 0 unspecified atom stereocenters. The number of aryl methyl sites for hydroxylation is 1. The molecular formula is C22H26ClN3. The first-order chi connectivity index (χ1) is 12.8. The second-order valence-corrected chi connectivity index (χ2v) is 7.68. The van der Waals surface area contributed by atoms with Crippen molar-refractivity contribution in [1.82, 2.24) is 14.5 Å². The number of likely N-dealkylation sites (tertiary alicyclic amines) is 1. The van der Waals surface area contributed by atoms with Gasteiger partial charge in [-0.1, -0.05) is 41.9 Å². The van der Waals surface area contributed by atoms with Gasteiger partial charge in [0.2, 0.25) is 0 Å². The van der Waals surface area contributed by atoms with Gasteiger partial charge in [-0.05, 0) is 75.0 Å². The van der Waals surface area contributed by atoms with Gasteiger partial charge < -0.3 is 9.47 Å². The smallest absolute Gasteiger partial charge is 0.0958 e. The number of halogens is 1. The number of piperidine rings is 1. The maximum atomic E-state index is 6.37. The molecule has 0 N–H and O–H groups in total. The number of hydrogen-bond donors (Lipinski definition) is 0. The maximum absolute atomic E-state index is 6.37. The molecule has 1 aromatic heterocycles. The van der Waals surface area contributed by atoms with Crippen LogP contribution in [0.3, 0.4) is 0 Å². The summed E-state index contributed by atoms with van der Waals surface area (Å²) in [5.74, 6) is 0.622. The molecule has 0 radical (unpaired) electrons. The standard InChI is InChI=1S/C22H26ClN3/c23-20-8-2-1-7-19(20)18-11-15-25(16-12-18)13-5-6-14-26-17-24-21-9-3-4-10-22(21)26/h1-4,7-10,17-18H,5-6,11-16H2. The Bertz CT molecular complexity index is 849. The van der Waals surface area contributed by atoms with E-state index in [1.807, 2.05) is 24.5 Å². The summed E-state index contributed by atoms with van der Waals surface area (Å²) in [7, 11) is 0. The van der Waals surface area contributed by atoms with Crippen molar-refractivity contribution in [2.24, 2.45) is 0 Å². The molecule has 1 saturated heterocycles. The normalized spacial score (nSPS) is 16.3. The fourth-order valence-electron chi connectivity index (χ4n) is 4.08. The molecule has 3 aromatic rings. The molecule has 2 heterocycles. The fraction of sp³-hybridized carbons (Fsp3) is 0.409. The summed E-state index contributed by atoms with van der Waals surface area (Å²) in [6, 6.07) is 16.7. The van der Waals surface area contributed by atoms with Gasteiger partial charge in [-0.2, -0.15) is 0 Å². The van der Waals surface area contributed by atoms with Gasteiger partial charge >= 0.3 is 0 Å². The molecule has 0 atom stereocenters. The Kier molecular flexibility index (Phi) is 5.57. The molecule has 0 bridgehead atoms. The summed E-state index contributed by atoms with van der Waals surface area (Å²) in [4.78, 5) is 7.08. The van der Waals surface area contributed by atoms with Crippen LogP contribution in [0.1, 0.15) is 37.2 Å². The van der Waals surface area contributed by atoms with Crippen molar-refractivity contribution in [1.29, 1.82) is 0 Å². The van der Waals surface area contributed by atoms with E-state index in [0.717, 1.165) is 17.1 Å². The first-order valence-electron chi connectivity index (χ1n) is 9.68. The van der Waals surface area contributed by atoms with Gasteiger partial charge in [0.15, 0.2) is 0 Å². The lowest BCUT2D eigenvalue weighted by atomic mass is 9.89. The zero-order valence-corrected chi connectivity index (χ0v) is 15.9. The molecule has 0 amide bonds. The number of benzene rings is 2. The lowest BCUT2D eigenvalue weighted by molar-refractivity contribution is 0.208. The predicted octanol–water partition coefficient (Wildman–Crippen LogP) is 5.35. The van der Waals surface area contributed by atoms with Crippen molar-refractivity contribution < 1.29 is 0 Å². The third-order valence-electron chi connectivity index (χ3n) is 5.58. The van der Waals surface area contributed by atoms with Crippen molar-refractivity contribution in [2.45, 2.75) is 38.1 Å². The van der Waals surface area contributed by atoms with Gasteiger partial charge in [0, 0.05) is 11.6 Å². The van der Waals surface area contributed by atoms with Crippen LogP contribution in [-0.2, 0) is 6.54 Å². The molecule has 0 aliphatic carbocycles. The molecular weight excluding hydrogens is 342 g/mol. The van der Waals surface area contributed by atoms with E-state index in [1.165, 1.54) is 56.4 Å². The zero-order valence-electron chi connectivity index (χ0n) is 15.1.